The third-order valence-corrected chi connectivity index (χ3v) is 3.33. The largest absolute Gasteiger partial charge is 0.381 e. The molecule has 0 aromatic carbocycles. The number of nitrogens with zero attached hydrogens (tertiary/aromatic N) is 1. The summed E-state index contributed by atoms with van der Waals surface area (Å²) in [5.74, 6) is 0.785. The first-order valence-electron chi connectivity index (χ1n) is 7.14. The molecule has 0 saturated carbocycles. The molecule has 0 radical (unpaired) electrons. The summed E-state index contributed by atoms with van der Waals surface area (Å²) in [6.07, 6.45) is 3.88. The van der Waals surface area contributed by atoms with E-state index in [4.69, 9.17) is 4.74 Å². The van der Waals surface area contributed by atoms with Gasteiger partial charge in [0, 0.05) is 32.7 Å². The lowest BCUT2D eigenvalue weighted by atomic mass is 10.0. The maximum Gasteiger partial charge on any atom is 0.222 e. The SMILES string of the molecule is CC(C)NCCCC(=O)N(C)CC1CCCOC1. The van der Waals surface area contributed by atoms with E-state index < -0.39 is 0 Å². The molecule has 106 valence electrons. The third-order valence-electron chi connectivity index (χ3n) is 3.33. The van der Waals surface area contributed by atoms with E-state index in [0.717, 1.165) is 39.1 Å². The molecule has 0 bridgehead atoms. The number of amides is 1. The predicted octanol–water partition coefficient (Wildman–Crippen LogP) is 1.65. The smallest absolute Gasteiger partial charge is 0.222 e. The van der Waals surface area contributed by atoms with E-state index in [1.807, 2.05) is 11.9 Å². The molecule has 1 atom stereocenters. The standard InChI is InChI=1S/C14H28N2O2/c1-12(2)15-8-4-7-14(17)16(3)10-13-6-5-9-18-11-13/h12-13,15H,4-11H2,1-3H3. The van der Waals surface area contributed by atoms with Crippen molar-refractivity contribution in [3.05, 3.63) is 0 Å². The summed E-state index contributed by atoms with van der Waals surface area (Å²) in [6, 6.07) is 0.497. The van der Waals surface area contributed by atoms with E-state index in [1.165, 1.54) is 6.42 Å². The van der Waals surface area contributed by atoms with Crippen molar-refractivity contribution in [3.63, 3.8) is 0 Å². The molecule has 1 rings (SSSR count). The zero-order chi connectivity index (χ0) is 13.4. The molecule has 1 saturated heterocycles. The topological polar surface area (TPSA) is 41.6 Å². The molecule has 18 heavy (non-hydrogen) atoms. The first kappa shape index (κ1) is 15.4. The molecular weight excluding hydrogens is 228 g/mol. The van der Waals surface area contributed by atoms with Gasteiger partial charge in [0.2, 0.25) is 5.91 Å². The molecule has 0 aromatic heterocycles. The van der Waals surface area contributed by atoms with Gasteiger partial charge in [-0.2, -0.15) is 0 Å². The lowest BCUT2D eigenvalue weighted by Gasteiger charge is -2.27. The Kier molecular flexibility index (Phi) is 7.28. The fourth-order valence-corrected chi connectivity index (χ4v) is 2.26. The zero-order valence-electron chi connectivity index (χ0n) is 12.1. The number of carbonyl (C=O) groups excluding carboxylic acids is 1. The van der Waals surface area contributed by atoms with Gasteiger partial charge in [0.25, 0.3) is 0 Å². The van der Waals surface area contributed by atoms with E-state index in [0.29, 0.717) is 18.4 Å². The maximum absolute atomic E-state index is 11.9. The third kappa shape index (κ3) is 6.36. The van der Waals surface area contributed by atoms with Crippen LogP contribution in [0, 0.1) is 5.92 Å². The second-order valence-corrected chi connectivity index (χ2v) is 5.57. The maximum atomic E-state index is 11.9. The van der Waals surface area contributed by atoms with Crippen molar-refractivity contribution in [3.8, 4) is 0 Å². The molecule has 1 fully saturated rings. The lowest BCUT2D eigenvalue weighted by Crippen LogP contribution is -2.35. The summed E-state index contributed by atoms with van der Waals surface area (Å²) in [4.78, 5) is 13.8. The lowest BCUT2D eigenvalue weighted by molar-refractivity contribution is -0.131. The molecule has 1 N–H and O–H groups in total. The Balaban J connectivity index is 2.11. The number of rotatable bonds is 7. The monoisotopic (exact) mass is 256 g/mol. The Morgan fingerprint density at radius 3 is 2.89 bits per heavy atom. The average Bonchev–Trinajstić information content (AvgIpc) is 2.35. The van der Waals surface area contributed by atoms with Crippen LogP contribution in [-0.4, -0.2) is 50.2 Å². The van der Waals surface area contributed by atoms with Crippen LogP contribution >= 0.6 is 0 Å². The minimum absolute atomic E-state index is 0.256. The Labute approximate surface area is 111 Å². The van der Waals surface area contributed by atoms with E-state index in [2.05, 4.69) is 19.2 Å². The highest BCUT2D eigenvalue weighted by atomic mass is 16.5. The van der Waals surface area contributed by atoms with Crippen LogP contribution in [0.25, 0.3) is 0 Å². The quantitative estimate of drug-likeness (QED) is 0.704. The number of carbonyl (C=O) groups is 1. The first-order chi connectivity index (χ1) is 8.59. The van der Waals surface area contributed by atoms with Gasteiger partial charge < -0.3 is 15.0 Å². The van der Waals surface area contributed by atoms with E-state index in [-0.39, 0.29) is 5.91 Å². The number of ether oxygens (including phenoxy) is 1. The second-order valence-electron chi connectivity index (χ2n) is 5.57. The van der Waals surface area contributed by atoms with Gasteiger partial charge in [-0.1, -0.05) is 13.8 Å². The van der Waals surface area contributed by atoms with Gasteiger partial charge in [-0.15, -0.1) is 0 Å². The van der Waals surface area contributed by atoms with Gasteiger partial charge in [0.15, 0.2) is 0 Å². The fourth-order valence-electron chi connectivity index (χ4n) is 2.26. The first-order valence-corrected chi connectivity index (χ1v) is 7.14. The van der Waals surface area contributed by atoms with Gasteiger partial charge in [0.1, 0.15) is 0 Å². The van der Waals surface area contributed by atoms with Gasteiger partial charge in [-0.05, 0) is 31.7 Å². The van der Waals surface area contributed by atoms with Gasteiger partial charge in [-0.3, -0.25) is 4.79 Å². The molecule has 0 aliphatic carbocycles. The minimum Gasteiger partial charge on any atom is -0.381 e. The predicted molar refractivity (Wildman–Crippen MR) is 73.6 cm³/mol. The van der Waals surface area contributed by atoms with Crippen LogP contribution in [0.4, 0.5) is 0 Å². The van der Waals surface area contributed by atoms with Crippen molar-refractivity contribution < 1.29 is 9.53 Å². The van der Waals surface area contributed by atoms with Gasteiger partial charge in [0.05, 0.1) is 6.61 Å². The Hall–Kier alpha value is -0.610. The van der Waals surface area contributed by atoms with Crippen LogP contribution < -0.4 is 5.32 Å². The van der Waals surface area contributed by atoms with Crippen molar-refractivity contribution in [1.82, 2.24) is 10.2 Å². The average molecular weight is 256 g/mol. The molecule has 1 aliphatic rings. The molecule has 1 unspecified atom stereocenters. The van der Waals surface area contributed by atoms with Crippen molar-refractivity contribution in [1.29, 1.82) is 0 Å². The highest BCUT2D eigenvalue weighted by Crippen LogP contribution is 2.14. The van der Waals surface area contributed by atoms with E-state index in [1.54, 1.807) is 0 Å². The Morgan fingerprint density at radius 1 is 1.50 bits per heavy atom. The normalized spacial score (nSPS) is 20.1. The summed E-state index contributed by atoms with van der Waals surface area (Å²) in [6.45, 7) is 7.70. The summed E-state index contributed by atoms with van der Waals surface area (Å²) in [5.41, 5.74) is 0. The Bertz CT molecular complexity index is 238. The van der Waals surface area contributed by atoms with Crippen LogP contribution in [0.2, 0.25) is 0 Å². The fraction of sp³-hybridized carbons (Fsp3) is 0.929. The molecule has 1 aliphatic heterocycles. The van der Waals surface area contributed by atoms with Crippen LogP contribution in [0.3, 0.4) is 0 Å². The minimum atomic E-state index is 0.256. The highest BCUT2D eigenvalue weighted by molar-refractivity contribution is 5.75. The summed E-state index contributed by atoms with van der Waals surface area (Å²) >= 11 is 0. The van der Waals surface area contributed by atoms with Gasteiger partial charge >= 0.3 is 0 Å². The summed E-state index contributed by atoms with van der Waals surface area (Å²) < 4.78 is 5.44. The van der Waals surface area contributed by atoms with Crippen molar-refractivity contribution in [2.45, 2.75) is 45.6 Å². The molecule has 4 nitrogen and oxygen atoms in total. The summed E-state index contributed by atoms with van der Waals surface area (Å²) in [7, 11) is 1.91. The summed E-state index contributed by atoms with van der Waals surface area (Å²) in [5, 5.41) is 3.33. The van der Waals surface area contributed by atoms with Crippen LogP contribution in [0.1, 0.15) is 39.5 Å². The molecular formula is C14H28N2O2. The second kappa shape index (κ2) is 8.48. The Morgan fingerprint density at radius 2 is 2.28 bits per heavy atom. The zero-order valence-corrected chi connectivity index (χ0v) is 12.1. The number of hydrogen-bond acceptors (Lipinski definition) is 3. The van der Waals surface area contributed by atoms with Crippen LogP contribution in [-0.2, 0) is 9.53 Å². The van der Waals surface area contributed by atoms with E-state index >= 15 is 0 Å². The van der Waals surface area contributed by atoms with Gasteiger partial charge in [-0.25, -0.2) is 0 Å². The molecule has 0 aromatic rings. The number of nitrogens with one attached hydrogen (secondary N) is 1. The van der Waals surface area contributed by atoms with Crippen molar-refractivity contribution in [2.75, 3.05) is 33.4 Å². The van der Waals surface area contributed by atoms with Crippen molar-refractivity contribution in [2.24, 2.45) is 5.92 Å². The molecule has 1 heterocycles. The highest BCUT2D eigenvalue weighted by Gasteiger charge is 2.18. The van der Waals surface area contributed by atoms with Crippen LogP contribution in [0.5, 0.6) is 0 Å². The van der Waals surface area contributed by atoms with Crippen molar-refractivity contribution >= 4 is 5.91 Å². The van der Waals surface area contributed by atoms with Crippen LogP contribution in [0.15, 0.2) is 0 Å². The molecule has 1 amide bonds. The number of hydrogen-bond donors (Lipinski definition) is 1. The molecule has 4 heteroatoms. The van der Waals surface area contributed by atoms with E-state index in [9.17, 15) is 4.79 Å². The molecule has 0 spiro atoms.